The van der Waals surface area contributed by atoms with Gasteiger partial charge in [-0.05, 0) is 31.5 Å². The van der Waals surface area contributed by atoms with E-state index in [9.17, 15) is 9.59 Å². The molecule has 0 saturated carbocycles. The molecule has 7 heteroatoms. The van der Waals surface area contributed by atoms with Crippen molar-refractivity contribution in [3.63, 3.8) is 0 Å². The van der Waals surface area contributed by atoms with Gasteiger partial charge in [0.25, 0.3) is 5.91 Å². The molecule has 7 nitrogen and oxygen atoms in total. The SMILES string of the molecule is Cc1ccc(C(=O)c2oc3ccccc3c2NC(=O)c2nnn(Cc3ccccc3)c2C)cc1. The molecule has 5 rings (SSSR count). The molecule has 0 fully saturated rings. The van der Waals surface area contributed by atoms with Gasteiger partial charge in [0.1, 0.15) is 5.58 Å². The Morgan fingerprint density at radius 1 is 0.912 bits per heavy atom. The summed E-state index contributed by atoms with van der Waals surface area (Å²) in [4.78, 5) is 26.5. The number of ketones is 1. The average molecular weight is 450 g/mol. The van der Waals surface area contributed by atoms with Gasteiger partial charge in [0.2, 0.25) is 5.78 Å². The third-order valence-electron chi connectivity index (χ3n) is 5.73. The number of anilines is 1. The highest BCUT2D eigenvalue weighted by atomic mass is 16.3. The zero-order valence-corrected chi connectivity index (χ0v) is 18.8. The van der Waals surface area contributed by atoms with Crippen molar-refractivity contribution in [1.82, 2.24) is 15.0 Å². The molecule has 2 aromatic heterocycles. The molecule has 0 radical (unpaired) electrons. The van der Waals surface area contributed by atoms with Crippen molar-refractivity contribution in [1.29, 1.82) is 0 Å². The molecule has 1 N–H and O–H groups in total. The van der Waals surface area contributed by atoms with Gasteiger partial charge in [0.15, 0.2) is 11.5 Å². The molecule has 0 aliphatic rings. The number of aromatic nitrogens is 3. The minimum absolute atomic E-state index is 0.0766. The van der Waals surface area contributed by atoms with Gasteiger partial charge in [0.05, 0.1) is 17.9 Å². The summed E-state index contributed by atoms with van der Waals surface area (Å²) < 4.78 is 7.57. The summed E-state index contributed by atoms with van der Waals surface area (Å²) in [6, 6.07) is 24.3. The fourth-order valence-corrected chi connectivity index (χ4v) is 3.81. The van der Waals surface area contributed by atoms with Crippen molar-refractivity contribution in [3.05, 3.63) is 113 Å². The van der Waals surface area contributed by atoms with Gasteiger partial charge in [-0.15, -0.1) is 5.10 Å². The Labute approximate surface area is 196 Å². The van der Waals surface area contributed by atoms with E-state index in [-0.39, 0.29) is 17.2 Å². The summed E-state index contributed by atoms with van der Waals surface area (Å²) in [6.45, 7) is 4.25. The largest absolute Gasteiger partial charge is 0.450 e. The number of fused-ring (bicyclic) bond motifs is 1. The normalized spacial score (nSPS) is 11.0. The fourth-order valence-electron chi connectivity index (χ4n) is 3.81. The van der Waals surface area contributed by atoms with Crippen LogP contribution in [-0.2, 0) is 6.54 Å². The van der Waals surface area contributed by atoms with E-state index in [2.05, 4.69) is 15.6 Å². The molecule has 0 bridgehead atoms. The van der Waals surface area contributed by atoms with Crippen molar-refractivity contribution in [2.75, 3.05) is 5.32 Å². The molecular formula is C27H22N4O3. The van der Waals surface area contributed by atoms with Crippen molar-refractivity contribution in [2.24, 2.45) is 0 Å². The second-order valence-electron chi connectivity index (χ2n) is 8.12. The maximum Gasteiger partial charge on any atom is 0.278 e. The van der Waals surface area contributed by atoms with Crippen LogP contribution in [0.3, 0.4) is 0 Å². The van der Waals surface area contributed by atoms with E-state index < -0.39 is 5.91 Å². The van der Waals surface area contributed by atoms with Crippen LogP contribution in [0, 0.1) is 13.8 Å². The van der Waals surface area contributed by atoms with E-state index in [0.717, 1.165) is 11.1 Å². The van der Waals surface area contributed by atoms with Crippen LogP contribution in [0.2, 0.25) is 0 Å². The number of nitrogens with zero attached hydrogens (tertiary/aromatic N) is 3. The number of nitrogens with one attached hydrogen (secondary N) is 1. The fraction of sp³-hybridized carbons (Fsp3) is 0.111. The zero-order valence-electron chi connectivity index (χ0n) is 18.8. The third kappa shape index (κ3) is 3.99. The number of carbonyl (C=O) groups excluding carboxylic acids is 2. The first-order valence-corrected chi connectivity index (χ1v) is 10.9. The number of carbonyl (C=O) groups is 2. The topological polar surface area (TPSA) is 90.0 Å². The van der Waals surface area contributed by atoms with Gasteiger partial charge in [-0.1, -0.05) is 77.5 Å². The number of aryl methyl sites for hydroxylation is 1. The Hall–Kier alpha value is -4.52. The summed E-state index contributed by atoms with van der Waals surface area (Å²) >= 11 is 0. The standard InChI is InChI=1S/C27H22N4O3/c1-17-12-14-20(15-13-17)25(32)26-24(21-10-6-7-11-22(21)34-26)28-27(33)23-18(2)31(30-29-23)16-19-8-4-3-5-9-19/h3-15H,16H2,1-2H3,(H,28,33). The first-order valence-electron chi connectivity index (χ1n) is 10.9. The van der Waals surface area contributed by atoms with Crippen LogP contribution in [0.15, 0.2) is 83.3 Å². The molecular weight excluding hydrogens is 428 g/mol. The van der Waals surface area contributed by atoms with Crippen LogP contribution in [-0.4, -0.2) is 26.7 Å². The molecule has 0 unspecified atom stereocenters. The lowest BCUT2D eigenvalue weighted by Crippen LogP contribution is -2.16. The molecule has 3 aromatic carbocycles. The lowest BCUT2D eigenvalue weighted by molar-refractivity contribution is 0.101. The molecule has 34 heavy (non-hydrogen) atoms. The van der Waals surface area contributed by atoms with Crippen molar-refractivity contribution in [2.45, 2.75) is 20.4 Å². The molecule has 0 atom stereocenters. The Morgan fingerprint density at radius 2 is 1.62 bits per heavy atom. The van der Waals surface area contributed by atoms with Crippen molar-refractivity contribution >= 4 is 28.3 Å². The predicted molar refractivity (Wildman–Crippen MR) is 129 cm³/mol. The first kappa shape index (κ1) is 21.3. The number of amides is 1. The van der Waals surface area contributed by atoms with E-state index in [0.29, 0.717) is 34.5 Å². The van der Waals surface area contributed by atoms with E-state index in [4.69, 9.17) is 4.42 Å². The van der Waals surface area contributed by atoms with Crippen LogP contribution in [0.5, 0.6) is 0 Å². The highest BCUT2D eigenvalue weighted by Gasteiger charge is 2.25. The third-order valence-corrected chi connectivity index (χ3v) is 5.73. The number of rotatable bonds is 6. The number of furan rings is 1. The molecule has 5 aromatic rings. The lowest BCUT2D eigenvalue weighted by Gasteiger charge is -2.06. The monoisotopic (exact) mass is 450 g/mol. The molecule has 0 aliphatic carbocycles. The summed E-state index contributed by atoms with van der Waals surface area (Å²) in [7, 11) is 0. The van der Waals surface area contributed by atoms with Gasteiger partial charge in [-0.25, -0.2) is 4.68 Å². The first-order chi connectivity index (χ1) is 16.5. The Bertz CT molecular complexity index is 1500. The van der Waals surface area contributed by atoms with Crippen molar-refractivity contribution in [3.8, 4) is 0 Å². The summed E-state index contributed by atoms with van der Waals surface area (Å²) in [5.41, 5.74) is 4.22. The van der Waals surface area contributed by atoms with Gasteiger partial charge in [-0.3, -0.25) is 9.59 Å². The summed E-state index contributed by atoms with van der Waals surface area (Å²) in [5, 5.41) is 11.8. The van der Waals surface area contributed by atoms with E-state index in [1.807, 2.05) is 61.5 Å². The van der Waals surface area contributed by atoms with E-state index >= 15 is 0 Å². The van der Waals surface area contributed by atoms with Gasteiger partial charge in [-0.2, -0.15) is 0 Å². The number of benzene rings is 3. The zero-order chi connectivity index (χ0) is 23.7. The lowest BCUT2D eigenvalue weighted by atomic mass is 10.1. The maximum absolute atomic E-state index is 13.3. The van der Waals surface area contributed by atoms with Crippen LogP contribution in [0.4, 0.5) is 5.69 Å². The average Bonchev–Trinajstić information content (AvgIpc) is 3.40. The van der Waals surface area contributed by atoms with Gasteiger partial charge < -0.3 is 9.73 Å². The molecule has 0 aliphatic heterocycles. The number of hydrogen-bond acceptors (Lipinski definition) is 5. The van der Waals surface area contributed by atoms with Gasteiger partial charge >= 0.3 is 0 Å². The Morgan fingerprint density at radius 3 is 2.38 bits per heavy atom. The second-order valence-corrected chi connectivity index (χ2v) is 8.12. The molecule has 1 amide bonds. The minimum Gasteiger partial charge on any atom is -0.450 e. The summed E-state index contributed by atoms with van der Waals surface area (Å²) in [5.74, 6) is -0.690. The Kier molecular flexibility index (Phi) is 5.51. The molecule has 0 saturated heterocycles. The van der Waals surface area contributed by atoms with E-state index in [1.165, 1.54) is 0 Å². The number of para-hydroxylation sites is 1. The molecule has 168 valence electrons. The highest BCUT2D eigenvalue weighted by Crippen LogP contribution is 2.33. The van der Waals surface area contributed by atoms with Gasteiger partial charge in [0, 0.05) is 10.9 Å². The number of hydrogen-bond donors (Lipinski definition) is 1. The predicted octanol–water partition coefficient (Wildman–Crippen LogP) is 5.17. The quantitative estimate of drug-likeness (QED) is 0.360. The van der Waals surface area contributed by atoms with Crippen molar-refractivity contribution < 1.29 is 14.0 Å². The highest BCUT2D eigenvalue weighted by molar-refractivity contribution is 6.18. The van der Waals surface area contributed by atoms with Crippen LogP contribution in [0.25, 0.3) is 11.0 Å². The van der Waals surface area contributed by atoms with Crippen LogP contribution in [0.1, 0.15) is 43.4 Å². The van der Waals surface area contributed by atoms with Crippen LogP contribution >= 0.6 is 0 Å². The summed E-state index contributed by atoms with van der Waals surface area (Å²) in [6.07, 6.45) is 0. The molecule has 0 spiro atoms. The maximum atomic E-state index is 13.3. The van der Waals surface area contributed by atoms with E-state index in [1.54, 1.807) is 35.9 Å². The Balaban J connectivity index is 1.48. The molecule has 2 heterocycles. The van der Waals surface area contributed by atoms with Crippen LogP contribution < -0.4 is 5.32 Å². The smallest absolute Gasteiger partial charge is 0.278 e. The second kappa shape index (κ2) is 8.78. The minimum atomic E-state index is -0.457.